The number of hydrogen-bond acceptors (Lipinski definition) is 2. The number of hydrogen-bond donors (Lipinski definition) is 0. The Bertz CT molecular complexity index is 635. The first-order valence-electron chi connectivity index (χ1n) is 8.61. The number of carbonyl (C=O) groups excluding carboxylic acids is 1. The lowest BCUT2D eigenvalue weighted by atomic mass is 9.73. The molecule has 25 heavy (non-hydrogen) atoms. The number of rotatable bonds is 4. The Morgan fingerprint density at radius 2 is 1.24 bits per heavy atom. The van der Waals surface area contributed by atoms with E-state index in [1.54, 1.807) is 0 Å². The molecule has 7 heteroatoms. The third-order valence-electron chi connectivity index (χ3n) is 5.44. The van der Waals surface area contributed by atoms with Gasteiger partial charge in [0.1, 0.15) is 0 Å². The first-order valence-corrected chi connectivity index (χ1v) is 8.61. The summed E-state index contributed by atoms with van der Waals surface area (Å²) < 4.78 is 71.0. The normalized spacial score (nSPS) is 24.0. The number of esters is 1. The molecule has 3 rings (SSSR count). The van der Waals surface area contributed by atoms with E-state index >= 15 is 0 Å². The van der Waals surface area contributed by atoms with E-state index in [9.17, 15) is 26.7 Å². The second kappa shape index (κ2) is 7.30. The molecule has 0 aliphatic heterocycles. The van der Waals surface area contributed by atoms with Gasteiger partial charge in [0.25, 0.3) is 0 Å². The highest BCUT2D eigenvalue weighted by molar-refractivity contribution is 5.75. The van der Waals surface area contributed by atoms with Crippen molar-refractivity contribution < 1.29 is 31.5 Å². The van der Waals surface area contributed by atoms with Gasteiger partial charge in [0.05, 0.1) is 5.92 Å². The Kier molecular flexibility index (Phi) is 5.29. The molecular weight excluding hydrogens is 343 g/mol. The van der Waals surface area contributed by atoms with E-state index in [2.05, 4.69) is 4.74 Å². The van der Waals surface area contributed by atoms with Gasteiger partial charge in [0.2, 0.25) is 34.8 Å². The standard InChI is InChI=1S/C18H19F5O2/c19-12-13(20)15(22)17(16(23)14(12)21)25-18(24)11-6-4-10(5-7-11)8-9-2-1-3-9/h9-11H,1-8H2. The van der Waals surface area contributed by atoms with Crippen molar-refractivity contribution in [3.8, 4) is 5.75 Å². The lowest BCUT2D eigenvalue weighted by molar-refractivity contribution is -0.140. The Morgan fingerprint density at radius 3 is 1.72 bits per heavy atom. The Labute approximate surface area is 142 Å². The molecule has 0 spiro atoms. The van der Waals surface area contributed by atoms with Gasteiger partial charge in [0, 0.05) is 0 Å². The van der Waals surface area contributed by atoms with Crippen LogP contribution in [-0.4, -0.2) is 5.97 Å². The summed E-state index contributed by atoms with van der Waals surface area (Å²) in [6, 6.07) is 0. The van der Waals surface area contributed by atoms with E-state index in [0.29, 0.717) is 18.8 Å². The molecule has 0 N–H and O–H groups in total. The van der Waals surface area contributed by atoms with Gasteiger partial charge in [-0.3, -0.25) is 4.79 Å². The molecule has 0 unspecified atom stereocenters. The first-order chi connectivity index (χ1) is 11.9. The molecule has 2 aliphatic carbocycles. The van der Waals surface area contributed by atoms with E-state index in [1.807, 2.05) is 0 Å². The van der Waals surface area contributed by atoms with Gasteiger partial charge in [0.15, 0.2) is 0 Å². The average molecular weight is 362 g/mol. The summed E-state index contributed by atoms with van der Waals surface area (Å²) in [5, 5.41) is 0. The summed E-state index contributed by atoms with van der Waals surface area (Å²) in [7, 11) is 0. The maximum atomic E-state index is 13.6. The summed E-state index contributed by atoms with van der Waals surface area (Å²) in [6.45, 7) is 0. The topological polar surface area (TPSA) is 26.3 Å². The summed E-state index contributed by atoms with van der Waals surface area (Å²) in [5.41, 5.74) is 0. The molecule has 0 saturated heterocycles. The minimum atomic E-state index is -2.27. The fourth-order valence-electron chi connectivity index (χ4n) is 3.69. The van der Waals surface area contributed by atoms with Crippen molar-refractivity contribution in [1.29, 1.82) is 0 Å². The van der Waals surface area contributed by atoms with Crippen LogP contribution in [0.1, 0.15) is 51.4 Å². The van der Waals surface area contributed by atoms with Gasteiger partial charge in [-0.15, -0.1) is 0 Å². The monoisotopic (exact) mass is 362 g/mol. The van der Waals surface area contributed by atoms with Crippen molar-refractivity contribution in [1.82, 2.24) is 0 Å². The molecule has 0 heterocycles. The third-order valence-corrected chi connectivity index (χ3v) is 5.44. The second-order valence-corrected chi connectivity index (χ2v) is 7.07. The molecule has 2 saturated carbocycles. The number of halogens is 5. The Hall–Kier alpha value is -1.66. The Balaban J connectivity index is 1.61. The third kappa shape index (κ3) is 3.65. The molecule has 138 valence electrons. The van der Waals surface area contributed by atoms with E-state index in [1.165, 1.54) is 19.3 Å². The van der Waals surface area contributed by atoms with Crippen molar-refractivity contribution in [2.24, 2.45) is 17.8 Å². The predicted octanol–water partition coefficient (Wildman–Crippen LogP) is 5.28. The van der Waals surface area contributed by atoms with Crippen LogP contribution in [0.4, 0.5) is 22.0 Å². The van der Waals surface area contributed by atoms with Gasteiger partial charge < -0.3 is 4.74 Å². The van der Waals surface area contributed by atoms with Crippen LogP contribution in [0.2, 0.25) is 0 Å². The number of carbonyl (C=O) groups is 1. The molecule has 0 atom stereocenters. The van der Waals surface area contributed by atoms with Crippen LogP contribution < -0.4 is 4.74 Å². The van der Waals surface area contributed by atoms with Crippen LogP contribution in [-0.2, 0) is 4.79 Å². The lowest BCUT2D eigenvalue weighted by Gasteiger charge is -2.33. The van der Waals surface area contributed by atoms with Gasteiger partial charge in [-0.1, -0.05) is 19.3 Å². The van der Waals surface area contributed by atoms with E-state index in [0.717, 1.165) is 25.2 Å². The zero-order valence-corrected chi connectivity index (χ0v) is 13.6. The maximum absolute atomic E-state index is 13.6. The van der Waals surface area contributed by atoms with Crippen molar-refractivity contribution in [3.63, 3.8) is 0 Å². The second-order valence-electron chi connectivity index (χ2n) is 7.07. The van der Waals surface area contributed by atoms with E-state index in [4.69, 9.17) is 0 Å². The molecule has 2 fully saturated rings. The molecule has 1 aromatic carbocycles. The SMILES string of the molecule is O=C(Oc1c(F)c(F)c(F)c(F)c1F)C1CCC(CC2CCC2)CC1. The van der Waals surface area contributed by atoms with Crippen LogP contribution in [0.25, 0.3) is 0 Å². The quantitative estimate of drug-likeness (QED) is 0.239. The van der Waals surface area contributed by atoms with E-state index in [-0.39, 0.29) is 0 Å². The summed E-state index contributed by atoms with van der Waals surface area (Å²) in [4.78, 5) is 12.1. The van der Waals surface area contributed by atoms with Crippen LogP contribution in [0.15, 0.2) is 0 Å². The smallest absolute Gasteiger partial charge is 0.314 e. The number of ether oxygens (including phenoxy) is 1. The minimum Gasteiger partial charge on any atom is -0.420 e. The lowest BCUT2D eigenvalue weighted by Crippen LogP contribution is -2.28. The van der Waals surface area contributed by atoms with Crippen LogP contribution in [0.3, 0.4) is 0 Å². The van der Waals surface area contributed by atoms with Crippen LogP contribution >= 0.6 is 0 Å². The zero-order chi connectivity index (χ0) is 18.1. The molecule has 0 bridgehead atoms. The summed E-state index contributed by atoms with van der Waals surface area (Å²) >= 11 is 0. The summed E-state index contributed by atoms with van der Waals surface area (Å²) in [5.74, 6) is -12.5. The van der Waals surface area contributed by atoms with Gasteiger partial charge >= 0.3 is 5.97 Å². The molecule has 0 radical (unpaired) electrons. The molecule has 2 nitrogen and oxygen atoms in total. The van der Waals surface area contributed by atoms with Crippen molar-refractivity contribution in [2.45, 2.75) is 51.4 Å². The number of benzene rings is 1. The van der Waals surface area contributed by atoms with Gasteiger partial charge in [-0.05, 0) is 43.9 Å². The fraction of sp³-hybridized carbons (Fsp3) is 0.611. The van der Waals surface area contributed by atoms with Crippen molar-refractivity contribution >= 4 is 5.97 Å². The van der Waals surface area contributed by atoms with Crippen molar-refractivity contribution in [3.05, 3.63) is 29.1 Å². The molecule has 1 aromatic rings. The van der Waals surface area contributed by atoms with Crippen LogP contribution in [0.5, 0.6) is 5.75 Å². The van der Waals surface area contributed by atoms with Gasteiger partial charge in [-0.2, -0.15) is 8.78 Å². The van der Waals surface area contributed by atoms with Crippen molar-refractivity contribution in [2.75, 3.05) is 0 Å². The highest BCUT2D eigenvalue weighted by Crippen LogP contribution is 2.39. The van der Waals surface area contributed by atoms with Gasteiger partial charge in [-0.25, -0.2) is 13.2 Å². The fourth-order valence-corrected chi connectivity index (χ4v) is 3.69. The van der Waals surface area contributed by atoms with E-state index < -0.39 is 46.7 Å². The molecule has 2 aliphatic rings. The first kappa shape index (κ1) is 18.1. The highest BCUT2D eigenvalue weighted by Gasteiger charge is 2.33. The largest absolute Gasteiger partial charge is 0.420 e. The zero-order valence-electron chi connectivity index (χ0n) is 13.6. The minimum absolute atomic E-state index is 0.506. The maximum Gasteiger partial charge on any atom is 0.314 e. The highest BCUT2D eigenvalue weighted by atomic mass is 19.2. The Morgan fingerprint density at radius 1 is 0.760 bits per heavy atom. The average Bonchev–Trinajstić information content (AvgIpc) is 2.58. The summed E-state index contributed by atoms with van der Waals surface area (Å²) in [6.07, 6.45) is 7.55. The van der Waals surface area contributed by atoms with Crippen LogP contribution in [0, 0.1) is 46.8 Å². The predicted molar refractivity (Wildman–Crippen MR) is 79.3 cm³/mol. The molecular formula is C18H19F5O2. The molecule has 0 aromatic heterocycles. The molecule has 0 amide bonds.